The van der Waals surface area contributed by atoms with Gasteiger partial charge in [0.15, 0.2) is 5.82 Å². The molecule has 6 aromatic rings. The molecule has 2 aliphatic heterocycles. The van der Waals surface area contributed by atoms with Crippen molar-refractivity contribution in [3.63, 3.8) is 0 Å². The highest BCUT2D eigenvalue weighted by Gasteiger charge is 2.48. The number of alkyl halides is 3. The first kappa shape index (κ1) is 52.6. The lowest BCUT2D eigenvalue weighted by Crippen LogP contribution is -2.46. The van der Waals surface area contributed by atoms with E-state index >= 15 is 8.78 Å². The molecule has 10 nitrogen and oxygen atoms in total. The molecule has 1 aromatic heterocycles. The first-order valence-electron chi connectivity index (χ1n) is 23.0. The first-order valence-corrected chi connectivity index (χ1v) is 28.2. The molecule has 0 radical (unpaired) electrons. The number of hydrogen-bond acceptors (Lipinski definition) is 11. The molecule has 0 aliphatic carbocycles. The predicted molar refractivity (Wildman–Crippen MR) is 279 cm³/mol. The predicted octanol–water partition coefficient (Wildman–Crippen LogP) is 11.5. The summed E-state index contributed by atoms with van der Waals surface area (Å²) in [7, 11) is -5.56. The van der Waals surface area contributed by atoms with Crippen molar-refractivity contribution >= 4 is 78.7 Å². The molecule has 5 aromatic carbocycles. The van der Waals surface area contributed by atoms with Gasteiger partial charge in [-0.1, -0.05) is 41.9 Å². The number of piperazine rings is 1. The zero-order chi connectivity index (χ0) is 50.6. The van der Waals surface area contributed by atoms with Crippen molar-refractivity contribution in [2.75, 3.05) is 77.7 Å². The molecule has 0 saturated carbocycles. The standard InChI is InChI=1S/C51H54ClF5N6O4S4/c1-33-50(70(3)65)47(49(60(33)2)34-9-11-35(52)12-10-34)46-42(53)18-20-44(48(46)54)63-29-27-62(28-30-63)38-15-13-36(14-16-38)59-69-41-17-19-43(45(31-41)71(66,67)51(55,56)57)58-37(32-68-40-7-5-4-6-8-40)21-24-61-25-22-39(64)23-26-61/h4-20,31,37,39,58-59,64H,21-30,32H2,1-3H3/t37-,70?/m1/s1. The number of likely N-dealkylation sites (tertiary alicyclic amines) is 1. The van der Waals surface area contributed by atoms with Gasteiger partial charge in [0, 0.05) is 108 Å². The summed E-state index contributed by atoms with van der Waals surface area (Å²) in [5.41, 5.74) is -2.17. The lowest BCUT2D eigenvalue weighted by molar-refractivity contribution is -0.0435. The third-order valence-electron chi connectivity index (χ3n) is 12.9. The molecule has 2 fully saturated rings. The molecule has 20 heteroatoms. The van der Waals surface area contributed by atoms with E-state index in [0.29, 0.717) is 103 Å². The van der Waals surface area contributed by atoms with Crippen molar-refractivity contribution in [2.24, 2.45) is 7.05 Å². The third kappa shape index (κ3) is 12.0. The minimum Gasteiger partial charge on any atom is -0.393 e. The van der Waals surface area contributed by atoms with Gasteiger partial charge in [0.1, 0.15) is 10.7 Å². The van der Waals surface area contributed by atoms with Crippen molar-refractivity contribution in [3.8, 4) is 22.4 Å². The molecule has 2 saturated heterocycles. The minimum atomic E-state index is -5.76. The number of sulfone groups is 1. The lowest BCUT2D eigenvalue weighted by Gasteiger charge is -2.37. The molecular formula is C51H54ClF5N6O4S4. The highest BCUT2D eigenvalue weighted by atomic mass is 35.5. The van der Waals surface area contributed by atoms with Crippen LogP contribution >= 0.6 is 35.3 Å². The van der Waals surface area contributed by atoms with E-state index in [1.807, 2.05) is 47.4 Å². The zero-order valence-corrected chi connectivity index (χ0v) is 43.2. The summed E-state index contributed by atoms with van der Waals surface area (Å²) in [4.78, 5) is 6.89. The SMILES string of the molecule is Cc1c(S(C)=O)c(-c2c(F)ccc(N3CCN(c4ccc(NSc5ccc(N[C@H](CCN6CCC(O)CC6)CSc6ccccc6)c(S(=O)(=O)C(F)(F)F)c5)cc4)CC3)c2F)c(-c2ccc(Cl)cc2)n1C. The normalized spacial score (nSPS) is 16.0. The lowest BCUT2D eigenvalue weighted by atomic mass is 9.99. The van der Waals surface area contributed by atoms with Crippen LogP contribution in [0.15, 0.2) is 129 Å². The van der Waals surface area contributed by atoms with Crippen LogP contribution < -0.4 is 19.8 Å². The van der Waals surface area contributed by atoms with Crippen LogP contribution in [0.4, 0.5) is 44.7 Å². The number of rotatable bonds is 17. The molecular weight excluding hydrogens is 1020 g/mol. The van der Waals surface area contributed by atoms with E-state index in [9.17, 15) is 30.9 Å². The van der Waals surface area contributed by atoms with E-state index in [1.54, 1.807) is 61.0 Å². The van der Waals surface area contributed by atoms with Crippen LogP contribution in [0.3, 0.4) is 0 Å². The number of hydrogen-bond donors (Lipinski definition) is 3. The quantitative estimate of drug-likeness (QED) is 0.0461. The number of nitrogens with one attached hydrogen (secondary N) is 2. The summed E-state index contributed by atoms with van der Waals surface area (Å²) >= 11 is 8.68. The van der Waals surface area contributed by atoms with Gasteiger partial charge in [-0.15, -0.1) is 11.8 Å². The Balaban J connectivity index is 0.945. The molecule has 0 spiro atoms. The van der Waals surface area contributed by atoms with Gasteiger partial charge in [-0.2, -0.15) is 13.2 Å². The Labute approximate surface area is 427 Å². The Morgan fingerprint density at radius 2 is 1.51 bits per heavy atom. The summed E-state index contributed by atoms with van der Waals surface area (Å²) in [6, 6.07) is 30.2. The second-order valence-corrected chi connectivity index (χ2v) is 23.2. The monoisotopic (exact) mass is 1070 g/mol. The van der Waals surface area contributed by atoms with Gasteiger partial charge in [-0.05, 0) is 123 Å². The average Bonchev–Trinajstić information content (AvgIpc) is 3.61. The van der Waals surface area contributed by atoms with Crippen molar-refractivity contribution in [2.45, 2.75) is 63.4 Å². The maximum atomic E-state index is 16.9. The molecule has 1 unspecified atom stereocenters. The van der Waals surface area contributed by atoms with E-state index in [0.717, 1.165) is 28.6 Å². The van der Waals surface area contributed by atoms with E-state index < -0.39 is 42.7 Å². The molecule has 2 atom stereocenters. The van der Waals surface area contributed by atoms with Gasteiger partial charge >= 0.3 is 5.51 Å². The fourth-order valence-electron chi connectivity index (χ4n) is 9.03. The molecule has 3 heterocycles. The number of benzene rings is 5. The molecule has 0 bridgehead atoms. The average molecular weight is 1070 g/mol. The van der Waals surface area contributed by atoms with Crippen LogP contribution in [0.2, 0.25) is 5.02 Å². The van der Waals surface area contributed by atoms with Crippen LogP contribution in [0, 0.1) is 18.6 Å². The summed E-state index contributed by atoms with van der Waals surface area (Å²) in [5, 5.41) is 13.6. The van der Waals surface area contributed by atoms with Crippen LogP contribution in [0.25, 0.3) is 22.4 Å². The second kappa shape index (κ2) is 22.6. The molecule has 8 rings (SSSR count). The molecule has 378 valence electrons. The van der Waals surface area contributed by atoms with Gasteiger partial charge in [0.25, 0.3) is 9.84 Å². The number of aliphatic hydroxyl groups is 1. The molecule has 2 aliphatic rings. The van der Waals surface area contributed by atoms with E-state index in [1.165, 1.54) is 36.2 Å². The van der Waals surface area contributed by atoms with Crippen molar-refractivity contribution in [1.29, 1.82) is 0 Å². The number of anilines is 4. The highest BCUT2D eigenvalue weighted by Crippen LogP contribution is 2.45. The van der Waals surface area contributed by atoms with E-state index in [2.05, 4.69) is 19.8 Å². The van der Waals surface area contributed by atoms with Crippen molar-refractivity contribution in [1.82, 2.24) is 9.47 Å². The Hall–Kier alpha value is -4.76. The molecule has 71 heavy (non-hydrogen) atoms. The van der Waals surface area contributed by atoms with Gasteiger partial charge in [0.05, 0.1) is 44.4 Å². The van der Waals surface area contributed by atoms with Crippen LogP contribution in [0.1, 0.15) is 25.0 Å². The summed E-state index contributed by atoms with van der Waals surface area (Å²) in [6.07, 6.45) is 2.96. The topological polar surface area (TPSA) is 110 Å². The second-order valence-electron chi connectivity index (χ2n) is 17.6. The van der Waals surface area contributed by atoms with Gasteiger partial charge in [-0.25, -0.2) is 17.2 Å². The Bertz CT molecular complexity index is 2950. The maximum Gasteiger partial charge on any atom is 0.501 e. The Kier molecular flexibility index (Phi) is 16.7. The molecule has 3 N–H and O–H groups in total. The number of aliphatic hydroxyl groups excluding tert-OH is 1. The zero-order valence-electron chi connectivity index (χ0n) is 39.2. The van der Waals surface area contributed by atoms with E-state index in [4.69, 9.17) is 11.6 Å². The Morgan fingerprint density at radius 1 is 0.845 bits per heavy atom. The number of piperidine rings is 1. The van der Waals surface area contributed by atoms with Crippen LogP contribution in [-0.2, 0) is 27.7 Å². The largest absolute Gasteiger partial charge is 0.501 e. The fraction of sp³-hybridized carbons (Fsp3) is 0.333. The van der Waals surface area contributed by atoms with Gasteiger partial charge in [0.2, 0.25) is 0 Å². The summed E-state index contributed by atoms with van der Waals surface area (Å²) < 4.78 is 120. The summed E-state index contributed by atoms with van der Waals surface area (Å²) in [5.74, 6) is -1.05. The van der Waals surface area contributed by atoms with Gasteiger partial charge in [-0.3, -0.25) is 4.21 Å². The summed E-state index contributed by atoms with van der Waals surface area (Å²) in [6.45, 7) is 5.62. The number of thioether (sulfide) groups is 1. The van der Waals surface area contributed by atoms with Crippen LogP contribution in [-0.4, -0.2) is 103 Å². The maximum absolute atomic E-state index is 16.9. The third-order valence-corrected chi connectivity index (χ3v) is 17.8. The van der Waals surface area contributed by atoms with Gasteiger partial charge < -0.3 is 34.4 Å². The van der Waals surface area contributed by atoms with E-state index in [-0.39, 0.29) is 39.5 Å². The van der Waals surface area contributed by atoms with Crippen molar-refractivity contribution in [3.05, 3.63) is 132 Å². The Morgan fingerprint density at radius 3 is 2.15 bits per heavy atom. The van der Waals surface area contributed by atoms with Crippen LogP contribution in [0.5, 0.6) is 0 Å². The number of aromatic nitrogens is 1. The minimum absolute atomic E-state index is 0.135. The number of nitrogens with zero attached hydrogens (tertiary/aromatic N) is 4. The molecule has 0 amide bonds. The van der Waals surface area contributed by atoms with Crippen molar-refractivity contribution < 1.29 is 39.7 Å². The smallest absolute Gasteiger partial charge is 0.393 e. The number of halogens is 6. The fourth-order valence-corrected chi connectivity index (χ4v) is 12.9. The first-order chi connectivity index (χ1) is 33.9. The highest BCUT2D eigenvalue weighted by molar-refractivity contribution is 8.00.